The molecule has 0 radical (unpaired) electrons. The Hall–Kier alpha value is -2.40. The Morgan fingerprint density at radius 1 is 1.12 bits per heavy atom. The van der Waals surface area contributed by atoms with Crippen molar-refractivity contribution in [1.82, 2.24) is 14.9 Å². The van der Waals surface area contributed by atoms with Crippen molar-refractivity contribution in [3.8, 4) is 17.1 Å². The van der Waals surface area contributed by atoms with Gasteiger partial charge in [0.25, 0.3) is 0 Å². The molecule has 1 N–H and O–H groups in total. The van der Waals surface area contributed by atoms with Gasteiger partial charge in [0.1, 0.15) is 11.6 Å². The highest BCUT2D eigenvalue weighted by molar-refractivity contribution is 5.67. The van der Waals surface area contributed by atoms with Gasteiger partial charge < -0.3 is 14.9 Å². The van der Waals surface area contributed by atoms with E-state index in [-0.39, 0.29) is 5.75 Å². The lowest BCUT2D eigenvalue weighted by Crippen LogP contribution is -2.31. The van der Waals surface area contributed by atoms with E-state index in [1.807, 2.05) is 26.0 Å². The molecule has 1 aromatic carbocycles. The average molecular weight is 439 g/mol. The number of likely N-dealkylation sites (N-methyl/N-ethyl adjacent to an activating group) is 1. The minimum absolute atomic E-state index is 0.240. The van der Waals surface area contributed by atoms with Crippen LogP contribution in [0.15, 0.2) is 29.8 Å². The lowest BCUT2D eigenvalue weighted by molar-refractivity contribution is 0.439. The van der Waals surface area contributed by atoms with Crippen LogP contribution in [0.3, 0.4) is 0 Å². The van der Waals surface area contributed by atoms with Gasteiger partial charge in [-0.15, -0.1) is 0 Å². The molecular weight excluding hydrogens is 396 g/mol. The fraction of sp³-hybridized carbons (Fsp3) is 0.556. The van der Waals surface area contributed by atoms with Crippen LogP contribution in [0.4, 0.5) is 5.82 Å². The fourth-order valence-corrected chi connectivity index (χ4v) is 4.05. The van der Waals surface area contributed by atoms with E-state index in [1.54, 1.807) is 12.1 Å². The average Bonchev–Trinajstić information content (AvgIpc) is 2.80. The molecule has 5 nitrogen and oxygen atoms in total. The molecule has 1 saturated heterocycles. The Morgan fingerprint density at radius 2 is 1.84 bits per heavy atom. The maximum absolute atomic E-state index is 9.97. The van der Waals surface area contributed by atoms with E-state index >= 15 is 0 Å². The summed E-state index contributed by atoms with van der Waals surface area (Å²) >= 11 is 0. The summed E-state index contributed by atoms with van der Waals surface area (Å²) in [6, 6.07) is 7.25. The lowest BCUT2D eigenvalue weighted by atomic mass is 10.0. The van der Waals surface area contributed by atoms with Gasteiger partial charge in [0.15, 0.2) is 5.82 Å². The molecule has 0 atom stereocenters. The van der Waals surface area contributed by atoms with E-state index in [0.29, 0.717) is 5.82 Å². The van der Waals surface area contributed by atoms with Gasteiger partial charge in [0, 0.05) is 30.8 Å². The predicted octanol–water partition coefficient (Wildman–Crippen LogP) is 6.31. The van der Waals surface area contributed by atoms with Crippen LogP contribution in [0.25, 0.3) is 17.5 Å². The lowest BCUT2D eigenvalue weighted by Gasteiger charge is -2.29. The highest BCUT2D eigenvalue weighted by atomic mass is 16.3. The third-order valence-corrected chi connectivity index (χ3v) is 5.63. The molecule has 0 spiro atoms. The molecule has 0 saturated carbocycles. The first kappa shape index (κ1) is 25.9. The van der Waals surface area contributed by atoms with Gasteiger partial charge in [-0.1, -0.05) is 44.9 Å². The van der Waals surface area contributed by atoms with Crippen LogP contribution in [0.1, 0.15) is 70.6 Å². The van der Waals surface area contributed by atoms with Crippen molar-refractivity contribution in [2.24, 2.45) is 0 Å². The molecule has 0 bridgehead atoms. The van der Waals surface area contributed by atoms with Crippen molar-refractivity contribution in [2.45, 2.75) is 66.2 Å². The highest BCUT2D eigenvalue weighted by Crippen LogP contribution is 2.29. The molecular formula is C27H42N4O. The first-order valence-corrected chi connectivity index (χ1v) is 12.2. The van der Waals surface area contributed by atoms with E-state index in [1.165, 1.54) is 37.7 Å². The molecule has 1 fully saturated rings. The quantitative estimate of drug-likeness (QED) is 0.523. The first-order valence-electron chi connectivity index (χ1n) is 12.2. The Morgan fingerprint density at radius 3 is 2.47 bits per heavy atom. The second kappa shape index (κ2) is 13.2. The largest absolute Gasteiger partial charge is 0.508 e. The Labute approximate surface area is 195 Å². The third kappa shape index (κ3) is 7.33. The molecule has 2 aromatic rings. The molecule has 0 unspecified atom stereocenters. The minimum Gasteiger partial charge on any atom is -0.508 e. The minimum atomic E-state index is 0.240. The number of hydrogen-bond acceptors (Lipinski definition) is 5. The Balaban J connectivity index is 0.00000176. The summed E-state index contributed by atoms with van der Waals surface area (Å²) in [5.74, 6) is 1.96. The molecule has 0 aliphatic carbocycles. The van der Waals surface area contributed by atoms with Crippen molar-refractivity contribution in [3.05, 3.63) is 41.1 Å². The molecule has 1 aliphatic heterocycles. The topological polar surface area (TPSA) is 52.5 Å². The number of anilines is 1. The van der Waals surface area contributed by atoms with Gasteiger partial charge in [-0.3, -0.25) is 0 Å². The second-order valence-electron chi connectivity index (χ2n) is 8.62. The number of rotatable bonds is 8. The summed E-state index contributed by atoms with van der Waals surface area (Å²) in [6.45, 7) is 11.4. The molecule has 3 rings (SSSR count). The Kier molecular flexibility index (Phi) is 10.7. The van der Waals surface area contributed by atoms with Gasteiger partial charge in [-0.05, 0) is 71.3 Å². The van der Waals surface area contributed by atoms with Crippen LogP contribution < -0.4 is 4.90 Å². The maximum Gasteiger partial charge on any atom is 0.162 e. The molecule has 5 heteroatoms. The van der Waals surface area contributed by atoms with Crippen LogP contribution in [0.2, 0.25) is 0 Å². The number of phenolic OH excluding ortho intramolecular Hbond substituents is 1. The van der Waals surface area contributed by atoms with Gasteiger partial charge in [-0.2, -0.15) is 0 Å². The zero-order chi connectivity index (χ0) is 23.5. The van der Waals surface area contributed by atoms with Gasteiger partial charge in [0.05, 0.1) is 5.69 Å². The standard InChI is InChI=1S/C25H36N4O.C2H6/c1-5-6-11-20(18-28(3)4)16-23-19(2)25(29-14-8-7-9-15-29)27-24(26-23)21-12-10-13-22(30)17-21;1-2/h10,12-13,16-17,30H,5-9,11,14-15,18H2,1-4H3;1-2H3/b20-16+;. The molecule has 176 valence electrons. The van der Waals surface area contributed by atoms with Crippen molar-refractivity contribution >= 4 is 11.9 Å². The van der Waals surface area contributed by atoms with E-state index < -0.39 is 0 Å². The number of unbranched alkanes of at least 4 members (excludes halogenated alkanes) is 1. The number of aromatic nitrogens is 2. The maximum atomic E-state index is 9.97. The van der Waals surface area contributed by atoms with Crippen molar-refractivity contribution in [1.29, 1.82) is 0 Å². The number of piperidine rings is 1. The van der Waals surface area contributed by atoms with Crippen LogP contribution >= 0.6 is 0 Å². The highest BCUT2D eigenvalue weighted by Gasteiger charge is 2.19. The normalized spacial score (nSPS) is 14.3. The molecule has 32 heavy (non-hydrogen) atoms. The number of nitrogens with zero attached hydrogens (tertiary/aromatic N) is 4. The summed E-state index contributed by atoms with van der Waals surface area (Å²) in [5, 5.41) is 9.97. The number of aromatic hydroxyl groups is 1. The number of benzene rings is 1. The second-order valence-corrected chi connectivity index (χ2v) is 8.62. The molecule has 1 aliphatic rings. The summed E-state index contributed by atoms with van der Waals surface area (Å²) < 4.78 is 0. The smallest absolute Gasteiger partial charge is 0.162 e. The summed E-state index contributed by atoms with van der Waals surface area (Å²) in [4.78, 5) is 14.5. The predicted molar refractivity (Wildman–Crippen MR) is 137 cm³/mol. The van der Waals surface area contributed by atoms with E-state index in [2.05, 4.69) is 43.8 Å². The van der Waals surface area contributed by atoms with E-state index in [9.17, 15) is 5.11 Å². The molecule has 0 amide bonds. The van der Waals surface area contributed by atoms with Gasteiger partial charge in [0.2, 0.25) is 0 Å². The van der Waals surface area contributed by atoms with Crippen LogP contribution in [-0.4, -0.2) is 53.7 Å². The SMILES string of the molecule is CC.CCCC/C(=C\c1nc(-c2cccc(O)c2)nc(N2CCCCC2)c1C)CN(C)C. The van der Waals surface area contributed by atoms with Crippen molar-refractivity contribution in [3.63, 3.8) is 0 Å². The van der Waals surface area contributed by atoms with Gasteiger partial charge in [-0.25, -0.2) is 9.97 Å². The number of hydrogen-bond donors (Lipinski definition) is 1. The van der Waals surface area contributed by atoms with Gasteiger partial charge >= 0.3 is 0 Å². The summed E-state index contributed by atoms with van der Waals surface area (Å²) in [6.07, 6.45) is 9.42. The fourth-order valence-electron chi connectivity index (χ4n) is 4.05. The van der Waals surface area contributed by atoms with Crippen molar-refractivity contribution in [2.75, 3.05) is 38.6 Å². The van der Waals surface area contributed by atoms with E-state index in [0.717, 1.165) is 48.7 Å². The van der Waals surface area contributed by atoms with Crippen LogP contribution in [-0.2, 0) is 0 Å². The van der Waals surface area contributed by atoms with E-state index in [4.69, 9.17) is 9.97 Å². The van der Waals surface area contributed by atoms with Crippen LogP contribution in [0, 0.1) is 6.92 Å². The zero-order valence-electron chi connectivity index (χ0n) is 21.0. The van der Waals surface area contributed by atoms with Crippen LogP contribution in [0.5, 0.6) is 5.75 Å². The molecule has 1 aromatic heterocycles. The third-order valence-electron chi connectivity index (χ3n) is 5.63. The Bertz CT molecular complexity index is 870. The van der Waals surface area contributed by atoms with Crippen molar-refractivity contribution < 1.29 is 5.11 Å². The monoisotopic (exact) mass is 438 g/mol. The molecule has 2 heterocycles. The first-order chi connectivity index (χ1) is 15.5. The number of phenols is 1. The summed E-state index contributed by atoms with van der Waals surface area (Å²) in [7, 11) is 4.23. The zero-order valence-corrected chi connectivity index (χ0v) is 21.0. The summed E-state index contributed by atoms with van der Waals surface area (Å²) in [5.41, 5.74) is 4.39.